The van der Waals surface area contributed by atoms with E-state index in [0.717, 1.165) is 11.1 Å². The van der Waals surface area contributed by atoms with Gasteiger partial charge in [-0.25, -0.2) is 4.79 Å². The number of ether oxygens (including phenoxy) is 17. The lowest BCUT2D eigenvalue weighted by atomic mass is 9.43. The topological polar surface area (TPSA) is 373 Å². The van der Waals surface area contributed by atoms with Crippen LogP contribution in [-0.4, -0.2) is 283 Å². The van der Waals surface area contributed by atoms with Crippen LogP contribution in [0.1, 0.15) is 140 Å². The second-order valence-corrected chi connectivity index (χ2v) is 29.4. The second-order valence-electron chi connectivity index (χ2n) is 29.4. The highest BCUT2D eigenvalue weighted by molar-refractivity contribution is 5.83. The number of fused-ring (bicyclic) bond motifs is 5. The fraction of sp³-hybridized carbons (Fsp3) is 0.912. The molecule has 34 atom stereocenters. The number of methoxy groups -OCH3 is 4. The van der Waals surface area contributed by atoms with Crippen molar-refractivity contribution in [2.45, 2.75) is 323 Å². The summed E-state index contributed by atoms with van der Waals surface area (Å²) in [7, 11) is 6.29. The zero-order chi connectivity index (χ0) is 69.8. The van der Waals surface area contributed by atoms with Crippen LogP contribution in [0.3, 0.4) is 0 Å². The molecule has 28 heteroatoms. The largest absolute Gasteiger partial charge is 0.458 e. The van der Waals surface area contributed by atoms with Gasteiger partial charge in [0.1, 0.15) is 96.3 Å². The van der Waals surface area contributed by atoms with Gasteiger partial charge in [0.05, 0.1) is 68.1 Å². The third-order valence-corrected chi connectivity index (χ3v) is 23.6. The molecule has 6 heterocycles. The first-order chi connectivity index (χ1) is 45.4. The van der Waals surface area contributed by atoms with Crippen LogP contribution in [-0.2, 0) is 90.1 Å². The number of ketones is 1. The van der Waals surface area contributed by atoms with Gasteiger partial charge in [0.25, 0.3) is 0 Å². The number of esters is 1. The van der Waals surface area contributed by atoms with E-state index >= 15 is 0 Å². The van der Waals surface area contributed by atoms with E-state index in [1.54, 1.807) is 28.3 Å². The Bertz CT molecular complexity index is 2670. The van der Waals surface area contributed by atoms with E-state index in [1.807, 2.05) is 48.5 Å². The zero-order valence-electron chi connectivity index (χ0n) is 58.0. The molecule has 0 radical (unpaired) electrons. The van der Waals surface area contributed by atoms with Crippen molar-refractivity contribution < 1.29 is 136 Å². The summed E-state index contributed by atoms with van der Waals surface area (Å²) in [5.41, 5.74) is -3.06. The average molecular weight is 1380 g/mol. The Morgan fingerprint density at radius 1 is 0.573 bits per heavy atom. The van der Waals surface area contributed by atoms with Gasteiger partial charge in [-0.05, 0) is 97.8 Å². The van der Waals surface area contributed by atoms with E-state index in [1.165, 1.54) is 20.1 Å². The molecule has 3 saturated carbocycles. The minimum atomic E-state index is -1.82. The van der Waals surface area contributed by atoms with Gasteiger partial charge in [0.15, 0.2) is 37.7 Å². The molecule has 550 valence electrons. The predicted octanol–water partition coefficient (Wildman–Crippen LogP) is 1.66. The van der Waals surface area contributed by atoms with Crippen LogP contribution in [0, 0.1) is 28.6 Å². The first kappa shape index (κ1) is 76.3. The van der Waals surface area contributed by atoms with Crippen molar-refractivity contribution >= 4 is 11.8 Å². The SMILES string of the molecule is CO[C@H]1C[C@H](O[C@@H]2[C@@H](C)O[C@@H](O[C@H]3CC[C@@]4(C)C(=CC[C@]5(O)[C@@H]4C[C@@H](OC(=O)/C=C(/C)C(C)C)[C@]4(C)[C@@H](C(C)=O)CC[C@@]45O)C3)C[C@H]2OC)O[C@H](C)[C@H]1O[C@H]1C[C@H](OC)[C@H](O[C@H]2C[C@H](OC)[C@H](O[C@@H]3O[C@H](CO)[C@@H](O[C@@H]4O[C@H](CO)[C@@H](O)[C@H](O)[C@H]4O)[C@H](O)[C@H]3O)[C@@H](C)O2)[C@@H](C)O1. The van der Waals surface area contributed by atoms with Crippen LogP contribution < -0.4 is 0 Å². The minimum Gasteiger partial charge on any atom is -0.458 e. The van der Waals surface area contributed by atoms with Gasteiger partial charge in [-0.3, -0.25) is 4.79 Å². The van der Waals surface area contributed by atoms with Crippen molar-refractivity contribution in [2.24, 2.45) is 28.6 Å². The second kappa shape index (κ2) is 30.9. The summed E-state index contributed by atoms with van der Waals surface area (Å²) in [5.74, 6) is -1.55. The lowest BCUT2D eigenvalue weighted by Gasteiger charge is -2.66. The Labute approximate surface area is 562 Å². The van der Waals surface area contributed by atoms with Crippen LogP contribution in [0.2, 0.25) is 0 Å². The van der Waals surface area contributed by atoms with Gasteiger partial charge >= 0.3 is 5.97 Å². The Morgan fingerprint density at radius 2 is 1.02 bits per heavy atom. The molecule has 9 N–H and O–H groups in total. The molecule has 6 saturated heterocycles. The first-order valence-corrected chi connectivity index (χ1v) is 34.5. The maximum Gasteiger partial charge on any atom is 0.330 e. The van der Waals surface area contributed by atoms with Gasteiger partial charge in [0.2, 0.25) is 0 Å². The molecule has 0 aromatic rings. The fourth-order valence-electron chi connectivity index (χ4n) is 17.7. The van der Waals surface area contributed by atoms with Gasteiger partial charge < -0.3 is 126 Å². The van der Waals surface area contributed by atoms with Crippen molar-refractivity contribution in [3.63, 3.8) is 0 Å². The summed E-state index contributed by atoms with van der Waals surface area (Å²) in [4.78, 5) is 26.9. The van der Waals surface area contributed by atoms with Crippen LogP contribution in [0.5, 0.6) is 0 Å². The van der Waals surface area contributed by atoms with Gasteiger partial charge in [0, 0.05) is 77.4 Å². The monoisotopic (exact) mass is 1370 g/mol. The number of carbonyl (C=O) groups excluding carboxylic acids is 2. The number of aliphatic hydroxyl groups is 9. The summed E-state index contributed by atoms with van der Waals surface area (Å²) in [6.45, 7) is 17.3. The molecule has 10 aliphatic rings. The lowest BCUT2D eigenvalue weighted by molar-refractivity contribution is -0.376. The van der Waals surface area contributed by atoms with Crippen molar-refractivity contribution in [3.05, 3.63) is 23.3 Å². The molecule has 6 aliphatic heterocycles. The molecule has 0 amide bonds. The number of carbonyl (C=O) groups is 2. The van der Waals surface area contributed by atoms with Gasteiger partial charge in [-0.15, -0.1) is 0 Å². The Hall–Kier alpha value is -2.38. The fourth-order valence-corrected chi connectivity index (χ4v) is 17.7. The number of hydrogen-bond acceptors (Lipinski definition) is 28. The van der Waals surface area contributed by atoms with Crippen LogP contribution in [0.4, 0.5) is 0 Å². The Balaban J connectivity index is 0.701. The van der Waals surface area contributed by atoms with E-state index in [4.69, 9.17) is 80.5 Å². The van der Waals surface area contributed by atoms with E-state index in [2.05, 4.69) is 13.0 Å². The van der Waals surface area contributed by atoms with Crippen molar-refractivity contribution in [2.75, 3.05) is 41.7 Å². The number of Topliss-reactive ketones (excluding diaryl/α,β-unsaturated/α-hetero) is 1. The molecule has 4 aliphatic carbocycles. The van der Waals surface area contributed by atoms with Gasteiger partial charge in [-0.1, -0.05) is 44.9 Å². The average Bonchev–Trinajstić information content (AvgIpc) is 1.34. The molecule has 10 rings (SSSR count). The first-order valence-electron chi connectivity index (χ1n) is 34.5. The maximum atomic E-state index is 13.6. The standard InChI is InChI=1S/C68H110O28/c1-30(2)31(3)21-48(72)91-47-27-46-65(9)18-16-38(22-37(65)15-19-67(46,78)68(79)20-17-39(32(4)71)66(47,68)10)88-49-23-40(80-11)58(33(5)84-49)92-50-24-41(81-12)59(34(6)85-50)93-51-25-42(82-13)60(35(7)86-51)94-52-26-43(83-14)61(36(8)87-52)95-64-57(77)55(75)62(45(29-70)90-64)96-63-56(76)54(74)53(73)44(28-69)89-63/h15,21,30,33-36,38-47,49-64,69-70,73-79H,16-20,22-29H2,1-14H3/b31-21-/t33-,34-,35-,36-,38+,39-,40-,41+,42+,43+,44-,45-,46-,47-,49+,50+,51+,52+,53-,54+,55-,56-,57-,58-,59-,60-,61-,62-,63+,64+,65+,66+,67+,68-/m1/s1. The van der Waals surface area contributed by atoms with E-state index in [-0.39, 0.29) is 43.5 Å². The third kappa shape index (κ3) is 14.5. The zero-order valence-corrected chi connectivity index (χ0v) is 58.0. The molecule has 28 nitrogen and oxygen atoms in total. The van der Waals surface area contributed by atoms with Crippen molar-refractivity contribution in [1.29, 1.82) is 0 Å². The van der Waals surface area contributed by atoms with Crippen LogP contribution >= 0.6 is 0 Å². The molecule has 0 spiro atoms. The Kier molecular flexibility index (Phi) is 24.5. The van der Waals surface area contributed by atoms with Crippen molar-refractivity contribution in [1.82, 2.24) is 0 Å². The van der Waals surface area contributed by atoms with Crippen molar-refractivity contribution in [3.8, 4) is 0 Å². The third-order valence-electron chi connectivity index (χ3n) is 23.6. The molecule has 0 aromatic carbocycles. The smallest absolute Gasteiger partial charge is 0.330 e. The van der Waals surface area contributed by atoms with E-state index in [9.17, 15) is 55.5 Å². The summed E-state index contributed by atoms with van der Waals surface area (Å²) >= 11 is 0. The minimum absolute atomic E-state index is 0.0940. The maximum absolute atomic E-state index is 13.6. The molecule has 9 fully saturated rings. The lowest BCUT2D eigenvalue weighted by Crippen LogP contribution is -2.75. The number of allylic oxidation sites excluding steroid dienone is 1. The number of rotatable bonds is 22. The van der Waals surface area contributed by atoms with Crippen LogP contribution in [0.15, 0.2) is 23.3 Å². The van der Waals surface area contributed by atoms with Crippen LogP contribution in [0.25, 0.3) is 0 Å². The molecular weight excluding hydrogens is 1260 g/mol. The summed E-state index contributed by atoms with van der Waals surface area (Å²) in [6, 6.07) is 0. The highest BCUT2D eigenvalue weighted by Gasteiger charge is 2.77. The molecule has 96 heavy (non-hydrogen) atoms. The molecule has 0 aromatic heterocycles. The Morgan fingerprint density at radius 3 is 1.48 bits per heavy atom. The summed E-state index contributed by atoms with van der Waals surface area (Å²) < 4.78 is 106. The molecular formula is C68H110O28. The quantitative estimate of drug-likeness (QED) is 0.0423. The molecule has 0 unspecified atom stereocenters. The summed E-state index contributed by atoms with van der Waals surface area (Å²) in [5, 5.41) is 99.5. The predicted molar refractivity (Wildman–Crippen MR) is 332 cm³/mol. The van der Waals surface area contributed by atoms with E-state index in [0.29, 0.717) is 44.9 Å². The number of aliphatic hydroxyl groups excluding tert-OH is 7. The van der Waals surface area contributed by atoms with E-state index < -0.39 is 219 Å². The highest BCUT2D eigenvalue weighted by atomic mass is 16.8. The molecule has 0 bridgehead atoms. The van der Waals surface area contributed by atoms with Gasteiger partial charge in [-0.2, -0.15) is 0 Å². The highest BCUT2D eigenvalue weighted by Crippen LogP contribution is 2.70. The number of hydrogen-bond donors (Lipinski definition) is 9. The summed E-state index contributed by atoms with van der Waals surface area (Å²) in [6.07, 6.45) is -19.8. The normalized spacial score (nSPS) is 50.1.